The summed E-state index contributed by atoms with van der Waals surface area (Å²) in [6, 6.07) is 19.6. The van der Waals surface area contributed by atoms with Gasteiger partial charge in [-0.3, -0.25) is 0 Å². The molecule has 0 bridgehead atoms. The number of hydrogen-bond donors (Lipinski definition) is 0. The molecule has 2 rings (SSSR count). The van der Waals surface area contributed by atoms with Gasteiger partial charge in [0.25, 0.3) is 0 Å². The minimum atomic E-state index is -0.270. The van der Waals surface area contributed by atoms with E-state index in [2.05, 4.69) is 0 Å². The third-order valence-electron chi connectivity index (χ3n) is 2.98. The van der Waals surface area contributed by atoms with Gasteiger partial charge in [-0.2, -0.15) is 0 Å². The molecule has 2 aromatic rings. The molecule has 0 fully saturated rings. The SMILES string of the molecule is ClPCCCCC(Oc1ccccc1)Oc1ccccc1. The van der Waals surface area contributed by atoms with Gasteiger partial charge in [0.1, 0.15) is 11.5 Å². The van der Waals surface area contributed by atoms with Crippen LogP contribution in [0.15, 0.2) is 60.7 Å². The van der Waals surface area contributed by atoms with Gasteiger partial charge >= 0.3 is 0 Å². The zero-order chi connectivity index (χ0) is 14.8. The molecule has 0 spiro atoms. The molecule has 1 unspecified atom stereocenters. The maximum Gasteiger partial charge on any atom is 0.241 e. The van der Waals surface area contributed by atoms with Crippen LogP contribution >= 0.6 is 19.2 Å². The van der Waals surface area contributed by atoms with Crippen molar-refractivity contribution in [3.63, 3.8) is 0 Å². The third kappa shape index (κ3) is 6.37. The highest BCUT2D eigenvalue weighted by Crippen LogP contribution is 2.21. The Hall–Kier alpha value is -1.24. The summed E-state index contributed by atoms with van der Waals surface area (Å²) in [7, 11) is 0.499. The average molecular weight is 323 g/mol. The van der Waals surface area contributed by atoms with E-state index in [9.17, 15) is 0 Å². The van der Waals surface area contributed by atoms with Crippen LogP contribution in [-0.4, -0.2) is 12.5 Å². The predicted molar refractivity (Wildman–Crippen MR) is 90.8 cm³/mol. The molecular formula is C17H20ClO2P. The smallest absolute Gasteiger partial charge is 0.241 e. The fourth-order valence-electron chi connectivity index (χ4n) is 1.95. The van der Waals surface area contributed by atoms with Gasteiger partial charge in [-0.1, -0.05) is 36.4 Å². The van der Waals surface area contributed by atoms with Crippen molar-refractivity contribution >= 4 is 19.2 Å². The van der Waals surface area contributed by atoms with E-state index in [1.807, 2.05) is 60.7 Å². The molecular weight excluding hydrogens is 303 g/mol. The molecule has 21 heavy (non-hydrogen) atoms. The third-order valence-corrected chi connectivity index (χ3v) is 4.09. The van der Waals surface area contributed by atoms with Crippen LogP contribution in [0.5, 0.6) is 11.5 Å². The van der Waals surface area contributed by atoms with Crippen LogP contribution in [0.1, 0.15) is 19.3 Å². The largest absolute Gasteiger partial charge is 0.455 e. The van der Waals surface area contributed by atoms with Gasteiger partial charge in [0.2, 0.25) is 6.29 Å². The quantitative estimate of drug-likeness (QED) is 0.346. The van der Waals surface area contributed by atoms with Crippen molar-refractivity contribution in [3.05, 3.63) is 60.7 Å². The molecule has 0 N–H and O–H groups in total. The van der Waals surface area contributed by atoms with E-state index in [4.69, 9.17) is 20.7 Å². The summed E-state index contributed by atoms with van der Waals surface area (Å²) < 4.78 is 11.9. The maximum absolute atomic E-state index is 5.95. The van der Waals surface area contributed by atoms with E-state index >= 15 is 0 Å². The normalized spacial score (nSPS) is 11.1. The molecule has 0 saturated heterocycles. The van der Waals surface area contributed by atoms with Gasteiger partial charge in [0.15, 0.2) is 0 Å². The van der Waals surface area contributed by atoms with E-state index in [1.165, 1.54) is 0 Å². The highest BCUT2D eigenvalue weighted by atomic mass is 35.7. The first kappa shape index (κ1) is 16.1. The second kappa shape index (κ2) is 9.65. The van der Waals surface area contributed by atoms with E-state index in [0.29, 0.717) is 7.93 Å². The lowest BCUT2D eigenvalue weighted by Crippen LogP contribution is -2.24. The molecule has 1 atom stereocenters. The topological polar surface area (TPSA) is 18.5 Å². The highest BCUT2D eigenvalue weighted by Gasteiger charge is 2.12. The fourth-order valence-corrected chi connectivity index (χ4v) is 2.73. The number of benzene rings is 2. The van der Waals surface area contributed by atoms with Gasteiger partial charge in [-0.25, -0.2) is 0 Å². The van der Waals surface area contributed by atoms with Gasteiger partial charge in [0, 0.05) is 6.42 Å². The molecule has 2 nitrogen and oxygen atoms in total. The highest BCUT2D eigenvalue weighted by molar-refractivity contribution is 7.68. The summed E-state index contributed by atoms with van der Waals surface area (Å²) in [6.07, 6.45) is 3.79. The van der Waals surface area contributed by atoms with Crippen molar-refractivity contribution in [2.45, 2.75) is 25.6 Å². The van der Waals surface area contributed by atoms with Crippen LogP contribution in [0.4, 0.5) is 0 Å². The molecule has 0 saturated carbocycles. The van der Waals surface area contributed by atoms with Crippen molar-refractivity contribution in [1.29, 1.82) is 0 Å². The lowest BCUT2D eigenvalue weighted by molar-refractivity contribution is -0.00205. The molecule has 0 aliphatic carbocycles. The minimum absolute atomic E-state index is 0.270. The number of hydrogen-bond acceptors (Lipinski definition) is 2. The summed E-state index contributed by atoms with van der Waals surface area (Å²) in [4.78, 5) is 0. The molecule has 2 aromatic carbocycles. The maximum atomic E-state index is 5.95. The van der Waals surface area contributed by atoms with E-state index in [0.717, 1.165) is 36.9 Å². The minimum Gasteiger partial charge on any atom is -0.455 e. The second-order valence-electron chi connectivity index (χ2n) is 4.67. The predicted octanol–water partition coefficient (Wildman–Crippen LogP) is 5.47. The monoisotopic (exact) mass is 322 g/mol. The molecule has 112 valence electrons. The van der Waals surface area contributed by atoms with Crippen molar-refractivity contribution in [2.24, 2.45) is 0 Å². The molecule has 0 aliphatic rings. The standard InChI is InChI=1S/C17H20ClO2P/c18-21-14-8-7-13-17(19-15-9-3-1-4-10-15)20-16-11-5-2-6-12-16/h1-6,9-12,17,21H,7-8,13-14H2. The Kier molecular flexibility index (Phi) is 7.42. The van der Waals surface area contributed by atoms with Crippen LogP contribution in [0, 0.1) is 0 Å². The molecule has 0 aliphatic heterocycles. The van der Waals surface area contributed by atoms with Crippen LogP contribution in [0.2, 0.25) is 0 Å². The van der Waals surface area contributed by atoms with Crippen molar-refractivity contribution in [2.75, 3.05) is 6.16 Å². The van der Waals surface area contributed by atoms with E-state index < -0.39 is 0 Å². The van der Waals surface area contributed by atoms with Gasteiger partial charge in [-0.15, -0.1) is 11.2 Å². The Balaban J connectivity index is 1.93. The number of para-hydroxylation sites is 2. The first-order valence-electron chi connectivity index (χ1n) is 7.15. The van der Waals surface area contributed by atoms with Gasteiger partial charge in [0.05, 0.1) is 0 Å². The number of ether oxygens (including phenoxy) is 2. The molecule has 0 radical (unpaired) electrons. The first-order chi connectivity index (χ1) is 10.4. The zero-order valence-electron chi connectivity index (χ0n) is 11.9. The summed E-state index contributed by atoms with van der Waals surface area (Å²) in [5.41, 5.74) is 0. The molecule has 0 heterocycles. The Bertz CT molecular complexity index is 451. The lowest BCUT2D eigenvalue weighted by atomic mass is 10.2. The van der Waals surface area contributed by atoms with Crippen LogP contribution in [0.3, 0.4) is 0 Å². The van der Waals surface area contributed by atoms with Gasteiger partial charge in [-0.05, 0) is 51.2 Å². The Morgan fingerprint density at radius 1 is 0.810 bits per heavy atom. The molecule has 0 amide bonds. The van der Waals surface area contributed by atoms with E-state index in [1.54, 1.807) is 0 Å². The fraction of sp³-hybridized carbons (Fsp3) is 0.294. The summed E-state index contributed by atoms with van der Waals surface area (Å²) in [5.74, 6) is 1.66. The second-order valence-corrected chi connectivity index (χ2v) is 6.24. The zero-order valence-corrected chi connectivity index (χ0v) is 13.6. The number of rotatable bonds is 9. The average Bonchev–Trinajstić information content (AvgIpc) is 2.53. The van der Waals surface area contributed by atoms with Crippen LogP contribution < -0.4 is 9.47 Å². The van der Waals surface area contributed by atoms with Crippen molar-refractivity contribution in [3.8, 4) is 11.5 Å². The summed E-state index contributed by atoms with van der Waals surface area (Å²) >= 11 is 5.74. The first-order valence-corrected chi connectivity index (χ1v) is 9.37. The Labute approximate surface area is 133 Å². The lowest BCUT2D eigenvalue weighted by Gasteiger charge is -2.20. The summed E-state index contributed by atoms with van der Waals surface area (Å²) in [5, 5.41) is 0. The number of halogens is 1. The number of unbranched alkanes of at least 4 members (excludes halogenated alkanes) is 1. The van der Waals surface area contributed by atoms with Crippen molar-refractivity contribution < 1.29 is 9.47 Å². The van der Waals surface area contributed by atoms with Crippen LogP contribution in [-0.2, 0) is 0 Å². The molecule has 4 heteroatoms. The summed E-state index contributed by atoms with van der Waals surface area (Å²) in [6.45, 7) is 0. The Morgan fingerprint density at radius 2 is 1.33 bits per heavy atom. The molecule has 0 aromatic heterocycles. The van der Waals surface area contributed by atoms with Crippen molar-refractivity contribution in [1.82, 2.24) is 0 Å². The van der Waals surface area contributed by atoms with E-state index in [-0.39, 0.29) is 6.29 Å². The van der Waals surface area contributed by atoms with Crippen LogP contribution in [0.25, 0.3) is 0 Å². The Morgan fingerprint density at radius 3 is 1.81 bits per heavy atom. The van der Waals surface area contributed by atoms with Gasteiger partial charge < -0.3 is 9.47 Å².